The van der Waals surface area contributed by atoms with Crippen molar-refractivity contribution < 1.29 is 9.53 Å². The molecule has 1 aromatic heterocycles. The fourth-order valence-corrected chi connectivity index (χ4v) is 1.86. The topological polar surface area (TPSA) is 82.2 Å². The van der Waals surface area contributed by atoms with E-state index in [2.05, 4.69) is 10.4 Å². The van der Waals surface area contributed by atoms with Crippen LogP contribution in [0.2, 0.25) is 5.02 Å². The molecule has 7 heteroatoms. The lowest BCUT2D eigenvalue weighted by atomic mass is 10.2. The van der Waals surface area contributed by atoms with E-state index in [9.17, 15) is 4.79 Å². The van der Waals surface area contributed by atoms with Crippen LogP contribution in [0.25, 0.3) is 0 Å². The minimum absolute atomic E-state index is 0.0755. The standard InChI is InChI=1S/C13H15ClN4O2/c1-8-10(14)6-16-18(8)7-13(19)17-11-4-3-9(15)5-12(11)20-2/h3-6H,7,15H2,1-2H3,(H,17,19). The third kappa shape index (κ3) is 3.03. The molecule has 0 aliphatic rings. The smallest absolute Gasteiger partial charge is 0.246 e. The number of ether oxygens (including phenoxy) is 1. The summed E-state index contributed by atoms with van der Waals surface area (Å²) in [4.78, 5) is 12.0. The van der Waals surface area contributed by atoms with Crippen LogP contribution >= 0.6 is 11.6 Å². The zero-order chi connectivity index (χ0) is 14.7. The summed E-state index contributed by atoms with van der Waals surface area (Å²) in [5.74, 6) is 0.282. The number of nitrogen functional groups attached to an aromatic ring is 1. The van der Waals surface area contributed by atoms with Gasteiger partial charge in [-0.2, -0.15) is 5.10 Å². The minimum atomic E-state index is -0.226. The molecule has 0 aliphatic heterocycles. The van der Waals surface area contributed by atoms with Gasteiger partial charge in [-0.1, -0.05) is 11.6 Å². The number of nitrogens with two attached hydrogens (primary N) is 1. The fraction of sp³-hybridized carbons (Fsp3) is 0.231. The number of benzene rings is 1. The van der Waals surface area contributed by atoms with Crippen LogP contribution in [0, 0.1) is 6.92 Å². The van der Waals surface area contributed by atoms with Gasteiger partial charge in [-0.05, 0) is 19.1 Å². The van der Waals surface area contributed by atoms with Crippen LogP contribution in [0.5, 0.6) is 5.75 Å². The molecular formula is C13H15ClN4O2. The fourth-order valence-electron chi connectivity index (χ4n) is 1.72. The van der Waals surface area contributed by atoms with E-state index in [1.54, 1.807) is 25.1 Å². The van der Waals surface area contributed by atoms with E-state index in [0.29, 0.717) is 22.1 Å². The molecule has 1 amide bonds. The van der Waals surface area contributed by atoms with Crippen LogP contribution in [0.1, 0.15) is 5.69 Å². The number of halogens is 1. The van der Waals surface area contributed by atoms with Crippen LogP contribution < -0.4 is 15.8 Å². The van der Waals surface area contributed by atoms with Crippen LogP contribution in [0.3, 0.4) is 0 Å². The van der Waals surface area contributed by atoms with Crippen molar-refractivity contribution in [3.8, 4) is 5.75 Å². The summed E-state index contributed by atoms with van der Waals surface area (Å²) in [6.07, 6.45) is 1.51. The summed E-state index contributed by atoms with van der Waals surface area (Å²) in [6.45, 7) is 1.87. The number of carbonyl (C=O) groups excluding carboxylic acids is 1. The van der Waals surface area contributed by atoms with E-state index < -0.39 is 0 Å². The first-order chi connectivity index (χ1) is 9.51. The predicted octanol–water partition coefficient (Wildman–Crippen LogP) is 2.07. The average Bonchev–Trinajstić information content (AvgIpc) is 2.72. The largest absolute Gasteiger partial charge is 0.494 e. The molecule has 0 aliphatic carbocycles. The Kier molecular flexibility index (Phi) is 4.14. The van der Waals surface area contributed by atoms with Gasteiger partial charge in [0.1, 0.15) is 12.3 Å². The van der Waals surface area contributed by atoms with E-state index >= 15 is 0 Å². The first kappa shape index (κ1) is 14.2. The highest BCUT2D eigenvalue weighted by atomic mass is 35.5. The molecule has 0 unspecified atom stereocenters. The summed E-state index contributed by atoms with van der Waals surface area (Å²) < 4.78 is 6.70. The molecule has 0 atom stereocenters. The Balaban J connectivity index is 2.10. The predicted molar refractivity (Wildman–Crippen MR) is 78.0 cm³/mol. The maximum atomic E-state index is 12.0. The summed E-state index contributed by atoms with van der Waals surface area (Å²) in [5.41, 5.74) is 7.52. The molecule has 1 aromatic carbocycles. The Morgan fingerprint density at radius 3 is 2.90 bits per heavy atom. The molecule has 2 rings (SSSR count). The van der Waals surface area contributed by atoms with Gasteiger partial charge >= 0.3 is 0 Å². The first-order valence-electron chi connectivity index (χ1n) is 5.92. The summed E-state index contributed by atoms with van der Waals surface area (Å²) in [7, 11) is 1.52. The van der Waals surface area contributed by atoms with E-state index in [0.717, 1.165) is 5.69 Å². The molecule has 0 spiro atoms. The van der Waals surface area contributed by atoms with Gasteiger partial charge in [0, 0.05) is 11.8 Å². The second kappa shape index (κ2) is 5.83. The van der Waals surface area contributed by atoms with Crippen LogP contribution in [0.15, 0.2) is 24.4 Å². The van der Waals surface area contributed by atoms with Crippen molar-refractivity contribution in [2.75, 3.05) is 18.2 Å². The molecule has 0 saturated carbocycles. The highest BCUT2D eigenvalue weighted by Gasteiger charge is 2.11. The quantitative estimate of drug-likeness (QED) is 0.846. The van der Waals surface area contributed by atoms with Crippen LogP contribution in [-0.4, -0.2) is 22.8 Å². The molecular weight excluding hydrogens is 280 g/mol. The zero-order valence-electron chi connectivity index (χ0n) is 11.2. The third-order valence-corrected chi connectivity index (χ3v) is 3.21. The number of anilines is 2. The molecule has 106 valence electrons. The Morgan fingerprint density at radius 1 is 1.55 bits per heavy atom. The van der Waals surface area contributed by atoms with Crippen molar-refractivity contribution in [1.82, 2.24) is 9.78 Å². The average molecular weight is 295 g/mol. The molecule has 20 heavy (non-hydrogen) atoms. The molecule has 0 saturated heterocycles. The first-order valence-corrected chi connectivity index (χ1v) is 6.30. The zero-order valence-corrected chi connectivity index (χ0v) is 11.9. The summed E-state index contributed by atoms with van der Waals surface area (Å²) in [6, 6.07) is 5.02. The normalized spacial score (nSPS) is 10.3. The monoisotopic (exact) mass is 294 g/mol. The SMILES string of the molecule is COc1cc(N)ccc1NC(=O)Cn1ncc(Cl)c1C. The maximum absolute atomic E-state index is 12.0. The molecule has 0 fully saturated rings. The van der Waals surface area contributed by atoms with Crippen molar-refractivity contribution in [3.63, 3.8) is 0 Å². The molecule has 1 heterocycles. The summed E-state index contributed by atoms with van der Waals surface area (Å²) >= 11 is 5.89. The maximum Gasteiger partial charge on any atom is 0.246 e. The Labute approximate surface area is 121 Å². The lowest BCUT2D eigenvalue weighted by Gasteiger charge is -2.11. The van der Waals surface area contributed by atoms with E-state index in [1.807, 2.05) is 0 Å². The van der Waals surface area contributed by atoms with Gasteiger partial charge in [0.15, 0.2) is 0 Å². The number of nitrogens with one attached hydrogen (secondary N) is 1. The van der Waals surface area contributed by atoms with Gasteiger partial charge in [-0.3, -0.25) is 9.48 Å². The van der Waals surface area contributed by atoms with Crippen molar-refractivity contribution in [2.45, 2.75) is 13.5 Å². The Morgan fingerprint density at radius 2 is 2.30 bits per heavy atom. The van der Waals surface area contributed by atoms with Crippen molar-refractivity contribution in [3.05, 3.63) is 35.1 Å². The number of hydrogen-bond donors (Lipinski definition) is 2. The summed E-state index contributed by atoms with van der Waals surface area (Å²) in [5, 5.41) is 7.31. The minimum Gasteiger partial charge on any atom is -0.494 e. The number of carbonyl (C=O) groups is 1. The van der Waals surface area contributed by atoms with E-state index in [4.69, 9.17) is 22.1 Å². The van der Waals surface area contributed by atoms with Gasteiger partial charge in [-0.25, -0.2) is 0 Å². The van der Waals surface area contributed by atoms with Crippen molar-refractivity contribution in [2.24, 2.45) is 0 Å². The van der Waals surface area contributed by atoms with Crippen molar-refractivity contribution in [1.29, 1.82) is 0 Å². The lowest BCUT2D eigenvalue weighted by molar-refractivity contribution is -0.116. The third-order valence-electron chi connectivity index (χ3n) is 2.84. The highest BCUT2D eigenvalue weighted by Crippen LogP contribution is 2.26. The number of amides is 1. The van der Waals surface area contributed by atoms with Gasteiger partial charge in [-0.15, -0.1) is 0 Å². The van der Waals surface area contributed by atoms with Gasteiger partial charge in [0.05, 0.1) is 29.7 Å². The van der Waals surface area contributed by atoms with Gasteiger partial charge in [0.2, 0.25) is 5.91 Å². The number of methoxy groups -OCH3 is 1. The molecule has 3 N–H and O–H groups in total. The Bertz CT molecular complexity index is 639. The second-order valence-electron chi connectivity index (χ2n) is 4.24. The highest BCUT2D eigenvalue weighted by molar-refractivity contribution is 6.31. The lowest BCUT2D eigenvalue weighted by Crippen LogP contribution is -2.20. The van der Waals surface area contributed by atoms with Crippen molar-refractivity contribution >= 4 is 28.9 Å². The number of hydrogen-bond acceptors (Lipinski definition) is 4. The molecule has 6 nitrogen and oxygen atoms in total. The number of rotatable bonds is 4. The number of nitrogens with zero attached hydrogens (tertiary/aromatic N) is 2. The second-order valence-corrected chi connectivity index (χ2v) is 4.65. The molecule has 0 radical (unpaired) electrons. The Hall–Kier alpha value is -2.21. The van der Waals surface area contributed by atoms with E-state index in [-0.39, 0.29) is 12.5 Å². The molecule has 0 bridgehead atoms. The van der Waals surface area contributed by atoms with Crippen LogP contribution in [0.4, 0.5) is 11.4 Å². The van der Waals surface area contributed by atoms with Gasteiger partial charge in [0.25, 0.3) is 0 Å². The number of aromatic nitrogens is 2. The molecule has 2 aromatic rings. The van der Waals surface area contributed by atoms with E-state index in [1.165, 1.54) is 18.0 Å². The van der Waals surface area contributed by atoms with Gasteiger partial charge < -0.3 is 15.8 Å². The van der Waals surface area contributed by atoms with Crippen LogP contribution in [-0.2, 0) is 11.3 Å².